The summed E-state index contributed by atoms with van der Waals surface area (Å²) in [4.78, 5) is 19.0. The quantitative estimate of drug-likeness (QED) is 0.837. The van der Waals surface area contributed by atoms with Gasteiger partial charge in [-0.05, 0) is 18.2 Å². The smallest absolute Gasteiger partial charge is 0.273 e. The fraction of sp³-hybridized carbons (Fsp3) is 0.167. The highest BCUT2D eigenvalue weighted by atomic mass is 79.9. The van der Waals surface area contributed by atoms with Crippen LogP contribution in [0.25, 0.3) is 10.9 Å². The standard InChI is InChI=1S/C12H9BrFN3OS/c13-6-3-8(14)7-5-10(16-9(7)4-6)11(18)17-12-15-1-2-19-12/h3-5,16H,1-2H2,(H,15,17,18). The van der Waals surface area contributed by atoms with Gasteiger partial charge < -0.3 is 10.3 Å². The first-order valence-electron chi connectivity index (χ1n) is 5.60. The van der Waals surface area contributed by atoms with Gasteiger partial charge in [-0.2, -0.15) is 0 Å². The summed E-state index contributed by atoms with van der Waals surface area (Å²) < 4.78 is 14.3. The van der Waals surface area contributed by atoms with Crippen molar-refractivity contribution >= 4 is 49.7 Å². The van der Waals surface area contributed by atoms with Gasteiger partial charge in [0.15, 0.2) is 5.17 Å². The lowest BCUT2D eigenvalue weighted by molar-refractivity contribution is 0.0974. The number of aliphatic imine (C=N–C) groups is 1. The molecule has 1 aliphatic heterocycles. The minimum atomic E-state index is -0.368. The third-order valence-electron chi connectivity index (χ3n) is 2.70. The second-order valence-corrected chi connectivity index (χ2v) is 6.02. The molecule has 1 aromatic heterocycles. The summed E-state index contributed by atoms with van der Waals surface area (Å²) in [7, 11) is 0. The number of thioether (sulfide) groups is 1. The number of hydrogen-bond acceptors (Lipinski definition) is 3. The van der Waals surface area contributed by atoms with Crippen LogP contribution < -0.4 is 5.32 Å². The number of aromatic nitrogens is 1. The Balaban J connectivity index is 1.92. The van der Waals surface area contributed by atoms with Gasteiger partial charge in [0.1, 0.15) is 11.5 Å². The number of hydrogen-bond donors (Lipinski definition) is 2. The Morgan fingerprint density at radius 1 is 1.47 bits per heavy atom. The monoisotopic (exact) mass is 341 g/mol. The number of nitrogens with one attached hydrogen (secondary N) is 2. The van der Waals surface area contributed by atoms with Crippen LogP contribution in [0, 0.1) is 5.82 Å². The highest BCUT2D eigenvalue weighted by Gasteiger charge is 2.16. The molecule has 98 valence electrons. The molecule has 0 fully saturated rings. The van der Waals surface area contributed by atoms with Gasteiger partial charge in [0, 0.05) is 15.6 Å². The minimum absolute atomic E-state index is 0.306. The molecule has 0 atom stereocenters. The van der Waals surface area contributed by atoms with Gasteiger partial charge in [-0.15, -0.1) is 0 Å². The second-order valence-electron chi connectivity index (χ2n) is 4.02. The summed E-state index contributed by atoms with van der Waals surface area (Å²) in [5, 5.41) is 3.71. The van der Waals surface area contributed by atoms with Crippen LogP contribution in [0.4, 0.5) is 4.39 Å². The average Bonchev–Trinajstić information content (AvgIpc) is 2.97. The zero-order chi connectivity index (χ0) is 13.4. The number of H-pyrrole nitrogens is 1. The van der Waals surface area contributed by atoms with E-state index in [1.165, 1.54) is 23.9 Å². The number of halogens is 2. The predicted octanol–water partition coefficient (Wildman–Crippen LogP) is 2.90. The first-order chi connectivity index (χ1) is 9.13. The Kier molecular flexibility index (Phi) is 3.32. The zero-order valence-electron chi connectivity index (χ0n) is 9.67. The number of amides is 1. The number of carbonyl (C=O) groups is 1. The normalized spacial score (nSPS) is 14.7. The van der Waals surface area contributed by atoms with Crippen LogP contribution in [-0.2, 0) is 0 Å². The minimum Gasteiger partial charge on any atom is -0.350 e. The first kappa shape index (κ1) is 12.7. The molecular weight excluding hydrogens is 333 g/mol. The van der Waals surface area contributed by atoms with E-state index < -0.39 is 0 Å². The largest absolute Gasteiger partial charge is 0.350 e. The van der Waals surface area contributed by atoms with E-state index in [1.54, 1.807) is 6.07 Å². The number of aromatic amines is 1. The van der Waals surface area contributed by atoms with Crippen LogP contribution in [0.15, 0.2) is 27.7 Å². The third-order valence-corrected chi connectivity index (χ3v) is 4.05. The number of amidine groups is 1. The van der Waals surface area contributed by atoms with Crippen LogP contribution in [0.1, 0.15) is 10.5 Å². The van der Waals surface area contributed by atoms with Crippen molar-refractivity contribution in [1.82, 2.24) is 10.3 Å². The molecule has 2 aromatic rings. The molecule has 0 saturated heterocycles. The van der Waals surface area contributed by atoms with Gasteiger partial charge in [-0.25, -0.2) is 4.39 Å². The van der Waals surface area contributed by atoms with Crippen LogP contribution in [0.3, 0.4) is 0 Å². The predicted molar refractivity (Wildman–Crippen MR) is 78.2 cm³/mol. The van der Waals surface area contributed by atoms with Crippen molar-refractivity contribution in [2.75, 3.05) is 12.3 Å². The van der Waals surface area contributed by atoms with Crippen LogP contribution >= 0.6 is 27.7 Å². The van der Waals surface area contributed by atoms with Crippen LogP contribution in [0.5, 0.6) is 0 Å². The lowest BCUT2D eigenvalue weighted by atomic mass is 10.2. The Hall–Kier alpha value is -1.34. The molecule has 0 bridgehead atoms. The summed E-state index contributed by atoms with van der Waals surface area (Å²) in [6, 6.07) is 4.61. The molecule has 0 unspecified atom stereocenters. The molecule has 1 aromatic carbocycles. The van der Waals surface area contributed by atoms with E-state index in [1.807, 2.05) is 0 Å². The molecule has 7 heteroatoms. The van der Waals surface area contributed by atoms with Crippen LogP contribution in [-0.4, -0.2) is 28.4 Å². The van der Waals surface area contributed by atoms with Crippen molar-refractivity contribution < 1.29 is 9.18 Å². The lowest BCUT2D eigenvalue weighted by Crippen LogP contribution is -2.27. The average molecular weight is 342 g/mol. The molecule has 2 N–H and O–H groups in total. The van der Waals surface area contributed by atoms with Gasteiger partial charge >= 0.3 is 0 Å². The number of carbonyl (C=O) groups excluding carboxylic acids is 1. The van der Waals surface area contributed by atoms with E-state index in [9.17, 15) is 9.18 Å². The van der Waals surface area contributed by atoms with Crippen molar-refractivity contribution in [2.45, 2.75) is 0 Å². The summed E-state index contributed by atoms with van der Waals surface area (Å²) in [6.07, 6.45) is 0. The third kappa shape index (κ3) is 2.52. The number of fused-ring (bicyclic) bond motifs is 1. The topological polar surface area (TPSA) is 57.2 Å². The maximum atomic E-state index is 13.7. The van der Waals surface area contributed by atoms with Crippen molar-refractivity contribution in [2.24, 2.45) is 4.99 Å². The highest BCUT2D eigenvalue weighted by Crippen LogP contribution is 2.24. The zero-order valence-corrected chi connectivity index (χ0v) is 12.1. The number of benzene rings is 1. The summed E-state index contributed by atoms with van der Waals surface area (Å²) in [6.45, 7) is 0.717. The fourth-order valence-corrected chi connectivity index (χ4v) is 3.01. The Morgan fingerprint density at radius 3 is 3.05 bits per heavy atom. The van der Waals surface area contributed by atoms with Crippen molar-refractivity contribution in [3.8, 4) is 0 Å². The molecule has 2 heterocycles. The molecule has 0 spiro atoms. The Bertz CT molecular complexity index is 698. The summed E-state index contributed by atoms with van der Waals surface area (Å²) in [5.74, 6) is 0.205. The molecule has 0 aliphatic carbocycles. The molecule has 1 aliphatic rings. The first-order valence-corrected chi connectivity index (χ1v) is 7.38. The molecule has 19 heavy (non-hydrogen) atoms. The summed E-state index contributed by atoms with van der Waals surface area (Å²) >= 11 is 4.72. The van der Waals surface area contributed by atoms with Crippen molar-refractivity contribution in [1.29, 1.82) is 0 Å². The van der Waals surface area contributed by atoms with Gasteiger partial charge in [-0.3, -0.25) is 9.79 Å². The maximum absolute atomic E-state index is 13.7. The number of rotatable bonds is 1. The SMILES string of the molecule is O=C(NC1=NCCS1)c1cc2c(F)cc(Br)cc2[nH]1. The maximum Gasteiger partial charge on any atom is 0.273 e. The van der Waals surface area contributed by atoms with E-state index in [2.05, 4.69) is 31.2 Å². The summed E-state index contributed by atoms with van der Waals surface area (Å²) in [5.41, 5.74) is 0.903. The van der Waals surface area contributed by atoms with E-state index in [0.717, 1.165) is 5.75 Å². The van der Waals surface area contributed by atoms with E-state index in [4.69, 9.17) is 0 Å². The van der Waals surface area contributed by atoms with E-state index in [0.29, 0.717) is 32.8 Å². The molecule has 0 radical (unpaired) electrons. The van der Waals surface area contributed by atoms with Crippen molar-refractivity contribution in [3.05, 3.63) is 34.2 Å². The Labute approximate surface area is 121 Å². The fourth-order valence-electron chi connectivity index (χ4n) is 1.86. The van der Waals surface area contributed by atoms with Gasteiger partial charge in [0.05, 0.1) is 12.1 Å². The van der Waals surface area contributed by atoms with E-state index in [-0.39, 0.29) is 11.7 Å². The molecule has 4 nitrogen and oxygen atoms in total. The lowest BCUT2D eigenvalue weighted by Gasteiger charge is -2.00. The second kappa shape index (κ2) is 4.97. The Morgan fingerprint density at radius 2 is 2.32 bits per heavy atom. The molecule has 0 saturated carbocycles. The molecule has 1 amide bonds. The van der Waals surface area contributed by atoms with Gasteiger partial charge in [0.25, 0.3) is 5.91 Å². The van der Waals surface area contributed by atoms with Crippen molar-refractivity contribution in [3.63, 3.8) is 0 Å². The molecule has 3 rings (SSSR count). The van der Waals surface area contributed by atoms with Crippen LogP contribution in [0.2, 0.25) is 0 Å². The highest BCUT2D eigenvalue weighted by molar-refractivity contribution is 9.10. The number of nitrogens with zero attached hydrogens (tertiary/aromatic N) is 1. The van der Waals surface area contributed by atoms with Gasteiger partial charge in [0.2, 0.25) is 0 Å². The van der Waals surface area contributed by atoms with E-state index >= 15 is 0 Å². The van der Waals surface area contributed by atoms with Gasteiger partial charge in [-0.1, -0.05) is 27.7 Å². The molecular formula is C12H9BrFN3OS.